The van der Waals surface area contributed by atoms with Crippen LogP contribution in [0.4, 0.5) is 0 Å². The van der Waals surface area contributed by atoms with E-state index in [9.17, 15) is 5.11 Å². The van der Waals surface area contributed by atoms with Crippen LogP contribution < -0.4 is 0 Å². The Hall–Kier alpha value is -2.80. The molecule has 0 saturated heterocycles. The third-order valence-corrected chi connectivity index (χ3v) is 4.53. The van der Waals surface area contributed by atoms with Gasteiger partial charge in [-0.15, -0.1) is 0 Å². The highest BCUT2D eigenvalue weighted by atomic mass is 16.3. The van der Waals surface area contributed by atoms with Gasteiger partial charge in [0.15, 0.2) is 0 Å². The van der Waals surface area contributed by atoms with E-state index in [0.717, 1.165) is 28.0 Å². The lowest BCUT2D eigenvalue weighted by molar-refractivity contribution is 0.488. The minimum Gasteiger partial charge on any atom is -0.507 e. The van der Waals surface area contributed by atoms with Crippen LogP contribution >= 0.6 is 0 Å². The normalized spacial score (nSPS) is 11.2. The maximum atomic E-state index is 10.8. The number of hydrogen-bond acceptors (Lipinski definition) is 1. The number of benzene rings is 4. The first kappa shape index (κ1) is 13.8. The van der Waals surface area contributed by atoms with Crippen LogP contribution in [-0.2, 0) is 6.42 Å². The molecule has 0 heterocycles. The van der Waals surface area contributed by atoms with Gasteiger partial charge in [0, 0.05) is 10.8 Å². The molecule has 0 radical (unpaired) electrons. The molecule has 0 fully saturated rings. The predicted octanol–water partition coefficient (Wildman–Crippen LogP) is 5.93. The molecular formula is C22H18O. The second-order valence-corrected chi connectivity index (χ2v) is 5.87. The summed E-state index contributed by atoms with van der Waals surface area (Å²) < 4.78 is 0. The van der Waals surface area contributed by atoms with E-state index in [1.165, 1.54) is 16.7 Å². The minimum absolute atomic E-state index is 0.380. The molecule has 4 aromatic carbocycles. The van der Waals surface area contributed by atoms with Crippen LogP contribution in [0.1, 0.15) is 12.5 Å². The van der Waals surface area contributed by atoms with Gasteiger partial charge in [-0.2, -0.15) is 0 Å². The zero-order valence-electron chi connectivity index (χ0n) is 13.1. The molecule has 1 nitrogen and oxygen atoms in total. The maximum absolute atomic E-state index is 10.8. The van der Waals surface area contributed by atoms with Crippen LogP contribution in [0, 0.1) is 0 Å². The number of aryl methyl sites for hydroxylation is 1. The molecular weight excluding hydrogens is 280 g/mol. The van der Waals surface area contributed by atoms with Crippen LogP contribution in [0.3, 0.4) is 0 Å². The summed E-state index contributed by atoms with van der Waals surface area (Å²) in [7, 11) is 0. The van der Waals surface area contributed by atoms with Crippen molar-refractivity contribution in [1.29, 1.82) is 0 Å². The smallest absolute Gasteiger partial charge is 0.131 e. The molecule has 112 valence electrons. The molecule has 0 bridgehead atoms. The summed E-state index contributed by atoms with van der Waals surface area (Å²) in [6.45, 7) is 2.14. The van der Waals surface area contributed by atoms with Crippen molar-refractivity contribution in [3.63, 3.8) is 0 Å². The number of phenolic OH excluding ortho intramolecular Hbond substituents is 1. The Balaban J connectivity index is 2.23. The van der Waals surface area contributed by atoms with E-state index in [4.69, 9.17) is 0 Å². The molecule has 1 heteroatoms. The summed E-state index contributed by atoms with van der Waals surface area (Å²) >= 11 is 0. The minimum atomic E-state index is 0.380. The third-order valence-electron chi connectivity index (χ3n) is 4.53. The summed E-state index contributed by atoms with van der Waals surface area (Å²) in [5.41, 5.74) is 3.61. The van der Waals surface area contributed by atoms with Gasteiger partial charge < -0.3 is 5.11 Å². The second-order valence-electron chi connectivity index (χ2n) is 5.87. The Labute approximate surface area is 135 Å². The number of fused-ring (bicyclic) bond motifs is 2. The summed E-state index contributed by atoms with van der Waals surface area (Å²) in [5, 5.41) is 14.8. The van der Waals surface area contributed by atoms with Crippen molar-refractivity contribution < 1.29 is 5.11 Å². The van der Waals surface area contributed by atoms with Crippen LogP contribution in [0.15, 0.2) is 72.8 Å². The van der Waals surface area contributed by atoms with Crippen LogP contribution in [0.25, 0.3) is 32.7 Å². The lowest BCUT2D eigenvalue weighted by atomic mass is 9.90. The summed E-state index contributed by atoms with van der Waals surface area (Å²) in [6.07, 6.45) is 0.961. The van der Waals surface area contributed by atoms with E-state index < -0.39 is 0 Å². The van der Waals surface area contributed by atoms with Crippen molar-refractivity contribution in [2.24, 2.45) is 0 Å². The Morgan fingerprint density at radius 1 is 0.696 bits per heavy atom. The van der Waals surface area contributed by atoms with E-state index in [0.29, 0.717) is 5.75 Å². The molecule has 4 rings (SSSR count). The lowest BCUT2D eigenvalue weighted by Gasteiger charge is -2.15. The highest BCUT2D eigenvalue weighted by Crippen LogP contribution is 2.42. The van der Waals surface area contributed by atoms with Crippen molar-refractivity contribution >= 4 is 21.5 Å². The Morgan fingerprint density at radius 3 is 2.09 bits per heavy atom. The first-order valence-electron chi connectivity index (χ1n) is 8.01. The Bertz CT molecular complexity index is 1000. The van der Waals surface area contributed by atoms with E-state index >= 15 is 0 Å². The highest BCUT2D eigenvalue weighted by Gasteiger charge is 2.14. The van der Waals surface area contributed by atoms with Gasteiger partial charge in [0.1, 0.15) is 5.75 Å². The van der Waals surface area contributed by atoms with Crippen LogP contribution in [0.5, 0.6) is 5.75 Å². The highest BCUT2D eigenvalue weighted by molar-refractivity contribution is 6.16. The molecule has 4 aromatic rings. The topological polar surface area (TPSA) is 20.2 Å². The monoisotopic (exact) mass is 298 g/mol. The van der Waals surface area contributed by atoms with Crippen molar-refractivity contribution in [3.05, 3.63) is 78.4 Å². The molecule has 0 aromatic heterocycles. The van der Waals surface area contributed by atoms with Crippen molar-refractivity contribution in [1.82, 2.24) is 0 Å². The molecule has 0 aliphatic rings. The van der Waals surface area contributed by atoms with Gasteiger partial charge in [0.2, 0.25) is 0 Å². The fourth-order valence-electron chi connectivity index (χ4n) is 3.34. The third kappa shape index (κ3) is 2.17. The van der Waals surface area contributed by atoms with Crippen molar-refractivity contribution in [3.8, 4) is 16.9 Å². The van der Waals surface area contributed by atoms with Crippen molar-refractivity contribution in [2.45, 2.75) is 13.3 Å². The Kier molecular flexibility index (Phi) is 3.27. The van der Waals surface area contributed by atoms with Crippen LogP contribution in [0.2, 0.25) is 0 Å². The molecule has 0 atom stereocenters. The molecule has 0 saturated carbocycles. The molecule has 1 N–H and O–H groups in total. The van der Waals surface area contributed by atoms with E-state index in [1.54, 1.807) is 0 Å². The van der Waals surface area contributed by atoms with Gasteiger partial charge in [0.05, 0.1) is 0 Å². The second kappa shape index (κ2) is 5.44. The van der Waals surface area contributed by atoms with Gasteiger partial charge in [0.25, 0.3) is 0 Å². The van der Waals surface area contributed by atoms with E-state index in [2.05, 4.69) is 55.5 Å². The molecule has 0 aliphatic carbocycles. The predicted molar refractivity (Wildman–Crippen MR) is 97.9 cm³/mol. The van der Waals surface area contributed by atoms with Gasteiger partial charge in [-0.25, -0.2) is 0 Å². The van der Waals surface area contributed by atoms with Gasteiger partial charge >= 0.3 is 0 Å². The fraction of sp³-hybridized carbons (Fsp3) is 0.0909. The number of aromatic hydroxyl groups is 1. The summed E-state index contributed by atoms with van der Waals surface area (Å²) in [6, 6.07) is 24.9. The molecule has 0 aliphatic heterocycles. The van der Waals surface area contributed by atoms with Gasteiger partial charge in [-0.3, -0.25) is 0 Å². The van der Waals surface area contributed by atoms with E-state index in [-0.39, 0.29) is 0 Å². The van der Waals surface area contributed by atoms with Crippen LogP contribution in [-0.4, -0.2) is 5.11 Å². The number of rotatable bonds is 2. The van der Waals surface area contributed by atoms with E-state index in [1.807, 2.05) is 24.3 Å². The number of phenols is 1. The first-order valence-corrected chi connectivity index (χ1v) is 8.01. The zero-order valence-corrected chi connectivity index (χ0v) is 13.1. The molecule has 0 spiro atoms. The number of hydrogen-bond donors (Lipinski definition) is 1. The first-order chi connectivity index (χ1) is 11.3. The fourth-order valence-corrected chi connectivity index (χ4v) is 3.34. The summed E-state index contributed by atoms with van der Waals surface area (Å²) in [4.78, 5) is 0. The van der Waals surface area contributed by atoms with Gasteiger partial charge in [-0.1, -0.05) is 73.7 Å². The maximum Gasteiger partial charge on any atom is 0.131 e. The standard InChI is InChI=1S/C22H18O/c1-2-15-12-13-18-20(14-15)22(23)19-11-7-6-10-17(19)21(18)16-8-4-3-5-9-16/h3-14,23H,2H2,1H3. The molecule has 0 unspecified atom stereocenters. The average molecular weight is 298 g/mol. The zero-order chi connectivity index (χ0) is 15.8. The molecule has 0 amide bonds. The van der Waals surface area contributed by atoms with Crippen molar-refractivity contribution in [2.75, 3.05) is 0 Å². The molecule has 23 heavy (non-hydrogen) atoms. The lowest BCUT2D eigenvalue weighted by Crippen LogP contribution is -1.88. The SMILES string of the molecule is CCc1ccc2c(-c3ccccc3)c3ccccc3c(O)c2c1. The summed E-state index contributed by atoms with van der Waals surface area (Å²) in [5.74, 6) is 0.380. The quantitative estimate of drug-likeness (QED) is 0.455. The average Bonchev–Trinajstić information content (AvgIpc) is 2.63. The Morgan fingerprint density at radius 2 is 1.35 bits per heavy atom. The van der Waals surface area contributed by atoms with Gasteiger partial charge in [-0.05, 0) is 39.9 Å². The largest absolute Gasteiger partial charge is 0.507 e.